The molecule has 0 saturated heterocycles. The Kier molecular flexibility index (Phi) is 3.15. The fourth-order valence-electron chi connectivity index (χ4n) is 1.37. The lowest BCUT2D eigenvalue weighted by Gasteiger charge is -2.09. The average Bonchev–Trinajstić information content (AvgIpc) is 2.30. The highest BCUT2D eigenvalue weighted by atomic mass is 35.5. The second-order valence-corrected chi connectivity index (χ2v) is 3.72. The first-order chi connectivity index (χ1) is 7.68. The van der Waals surface area contributed by atoms with Crippen LogP contribution in [0.5, 0.6) is 0 Å². The lowest BCUT2D eigenvalue weighted by Crippen LogP contribution is -1.99. The van der Waals surface area contributed by atoms with E-state index in [0.29, 0.717) is 5.56 Å². The molecule has 1 atom stereocenters. The highest BCUT2D eigenvalue weighted by Gasteiger charge is 2.16. The Morgan fingerprint density at radius 1 is 1.06 bits per heavy atom. The number of hydrogen-bond acceptors (Lipinski definition) is 1. The highest BCUT2D eigenvalue weighted by molar-refractivity contribution is 6.22. The minimum atomic E-state index is -0.707. The van der Waals surface area contributed by atoms with E-state index in [4.69, 9.17) is 11.6 Å². The van der Waals surface area contributed by atoms with Gasteiger partial charge in [-0.2, -0.15) is 0 Å². The highest BCUT2D eigenvalue weighted by Crippen LogP contribution is 2.28. The van der Waals surface area contributed by atoms with Crippen LogP contribution >= 0.6 is 11.6 Å². The maximum atomic E-state index is 13.4. The molecule has 1 aromatic carbocycles. The predicted octanol–water partition coefficient (Wildman–Crippen LogP) is 3.69. The first-order valence-electron chi connectivity index (χ1n) is 4.68. The molecule has 0 fully saturated rings. The molecular weight excluding hydrogens is 232 g/mol. The van der Waals surface area contributed by atoms with Gasteiger partial charge in [0.1, 0.15) is 17.0 Å². The monoisotopic (exact) mass is 239 g/mol. The maximum absolute atomic E-state index is 13.4. The molecule has 1 unspecified atom stereocenters. The van der Waals surface area contributed by atoms with Gasteiger partial charge in [-0.15, -0.1) is 11.6 Å². The standard InChI is InChI=1S/C12H8ClF2N/c13-11(8-3-5-9(14)6-4-8)12-10(15)2-1-7-16-12/h1-7,11H. The van der Waals surface area contributed by atoms with Crippen LogP contribution in [-0.2, 0) is 0 Å². The zero-order valence-corrected chi connectivity index (χ0v) is 8.96. The Morgan fingerprint density at radius 3 is 2.38 bits per heavy atom. The molecule has 0 bridgehead atoms. The van der Waals surface area contributed by atoms with Crippen molar-refractivity contribution in [3.05, 3.63) is 65.5 Å². The Morgan fingerprint density at radius 2 is 1.75 bits per heavy atom. The summed E-state index contributed by atoms with van der Waals surface area (Å²) in [5.41, 5.74) is 0.761. The van der Waals surface area contributed by atoms with Crippen LogP contribution in [0.1, 0.15) is 16.6 Å². The van der Waals surface area contributed by atoms with Crippen LogP contribution in [0.3, 0.4) is 0 Å². The molecule has 0 N–H and O–H groups in total. The van der Waals surface area contributed by atoms with Crippen molar-refractivity contribution >= 4 is 11.6 Å². The van der Waals surface area contributed by atoms with Gasteiger partial charge in [0.05, 0.1) is 5.69 Å². The van der Waals surface area contributed by atoms with E-state index in [9.17, 15) is 8.78 Å². The van der Waals surface area contributed by atoms with Crippen LogP contribution < -0.4 is 0 Å². The van der Waals surface area contributed by atoms with Crippen LogP contribution in [0.4, 0.5) is 8.78 Å². The largest absolute Gasteiger partial charge is 0.256 e. The quantitative estimate of drug-likeness (QED) is 0.729. The zero-order valence-electron chi connectivity index (χ0n) is 8.20. The van der Waals surface area contributed by atoms with Crippen molar-refractivity contribution in [3.8, 4) is 0 Å². The fraction of sp³-hybridized carbons (Fsp3) is 0.0833. The molecule has 0 radical (unpaired) electrons. The van der Waals surface area contributed by atoms with Crippen molar-refractivity contribution in [2.75, 3.05) is 0 Å². The SMILES string of the molecule is Fc1ccc(C(Cl)c2ncccc2F)cc1. The van der Waals surface area contributed by atoms with Gasteiger partial charge >= 0.3 is 0 Å². The molecule has 4 heteroatoms. The summed E-state index contributed by atoms with van der Waals surface area (Å²) in [6.07, 6.45) is 1.47. The molecule has 0 spiro atoms. The smallest absolute Gasteiger partial charge is 0.146 e. The van der Waals surface area contributed by atoms with E-state index in [1.807, 2.05) is 0 Å². The minimum absolute atomic E-state index is 0.149. The van der Waals surface area contributed by atoms with Gasteiger partial charge in [-0.25, -0.2) is 8.78 Å². The van der Waals surface area contributed by atoms with E-state index >= 15 is 0 Å². The van der Waals surface area contributed by atoms with E-state index in [1.165, 1.54) is 42.6 Å². The first kappa shape index (κ1) is 11.0. The molecule has 1 heterocycles. The van der Waals surface area contributed by atoms with E-state index < -0.39 is 11.2 Å². The van der Waals surface area contributed by atoms with Crippen LogP contribution in [-0.4, -0.2) is 4.98 Å². The van der Waals surface area contributed by atoms with E-state index in [-0.39, 0.29) is 11.5 Å². The van der Waals surface area contributed by atoms with Gasteiger partial charge in [0.25, 0.3) is 0 Å². The Hall–Kier alpha value is -1.48. The fourth-order valence-corrected chi connectivity index (χ4v) is 1.68. The van der Waals surface area contributed by atoms with Crippen LogP contribution in [0.15, 0.2) is 42.6 Å². The van der Waals surface area contributed by atoms with Crippen LogP contribution in [0, 0.1) is 11.6 Å². The topological polar surface area (TPSA) is 12.9 Å². The first-order valence-corrected chi connectivity index (χ1v) is 5.12. The van der Waals surface area contributed by atoms with E-state index in [0.717, 1.165) is 0 Å². The summed E-state index contributed by atoms with van der Waals surface area (Å²) in [6, 6.07) is 8.38. The summed E-state index contributed by atoms with van der Waals surface area (Å²) in [5.74, 6) is -0.819. The number of hydrogen-bond donors (Lipinski definition) is 0. The second-order valence-electron chi connectivity index (χ2n) is 3.28. The Labute approximate surface area is 96.7 Å². The summed E-state index contributed by atoms with van der Waals surface area (Å²) in [6.45, 7) is 0. The molecule has 2 aromatic rings. The lowest BCUT2D eigenvalue weighted by molar-refractivity contribution is 0.601. The van der Waals surface area contributed by atoms with Crippen molar-refractivity contribution in [1.29, 1.82) is 0 Å². The van der Waals surface area contributed by atoms with E-state index in [1.54, 1.807) is 0 Å². The number of benzene rings is 1. The number of aromatic nitrogens is 1. The minimum Gasteiger partial charge on any atom is -0.256 e. The van der Waals surface area contributed by atoms with Crippen LogP contribution in [0.25, 0.3) is 0 Å². The second kappa shape index (κ2) is 4.58. The molecule has 0 aliphatic heterocycles. The van der Waals surface area contributed by atoms with E-state index in [2.05, 4.69) is 4.98 Å². The zero-order chi connectivity index (χ0) is 11.5. The lowest BCUT2D eigenvalue weighted by atomic mass is 10.1. The molecular formula is C12H8ClF2N. The summed E-state index contributed by atoms with van der Waals surface area (Å²) in [5, 5.41) is -0.707. The number of nitrogens with zero attached hydrogens (tertiary/aromatic N) is 1. The molecule has 16 heavy (non-hydrogen) atoms. The van der Waals surface area contributed by atoms with Gasteiger partial charge in [-0.1, -0.05) is 12.1 Å². The van der Waals surface area contributed by atoms with Gasteiger partial charge in [-0.05, 0) is 29.8 Å². The number of pyridine rings is 1. The summed E-state index contributed by atoms with van der Waals surface area (Å²) >= 11 is 6.06. The molecule has 0 aliphatic rings. The molecule has 1 nitrogen and oxygen atoms in total. The molecule has 1 aromatic heterocycles. The van der Waals surface area contributed by atoms with Crippen molar-refractivity contribution in [2.45, 2.75) is 5.38 Å². The maximum Gasteiger partial charge on any atom is 0.146 e. The van der Waals surface area contributed by atoms with Crippen molar-refractivity contribution in [1.82, 2.24) is 4.98 Å². The summed E-state index contributed by atoms with van der Waals surface area (Å²) in [7, 11) is 0. The predicted molar refractivity (Wildman–Crippen MR) is 58.3 cm³/mol. The summed E-state index contributed by atoms with van der Waals surface area (Å²) in [4.78, 5) is 3.88. The molecule has 82 valence electrons. The van der Waals surface area contributed by atoms with Gasteiger partial charge in [-0.3, -0.25) is 4.98 Å². The molecule has 0 saturated carbocycles. The van der Waals surface area contributed by atoms with Crippen molar-refractivity contribution in [3.63, 3.8) is 0 Å². The van der Waals surface area contributed by atoms with Gasteiger partial charge in [0.15, 0.2) is 0 Å². The number of halogens is 3. The van der Waals surface area contributed by atoms with Crippen molar-refractivity contribution < 1.29 is 8.78 Å². The summed E-state index contributed by atoms with van der Waals surface area (Å²) < 4.78 is 26.1. The van der Waals surface area contributed by atoms with Gasteiger partial charge in [0.2, 0.25) is 0 Å². The molecule has 2 rings (SSSR count). The van der Waals surface area contributed by atoms with Crippen molar-refractivity contribution in [2.24, 2.45) is 0 Å². The average molecular weight is 240 g/mol. The number of rotatable bonds is 2. The Bertz CT molecular complexity index is 485. The Balaban J connectivity index is 2.35. The number of alkyl halides is 1. The third kappa shape index (κ3) is 2.19. The van der Waals surface area contributed by atoms with Crippen LogP contribution in [0.2, 0.25) is 0 Å². The third-order valence-electron chi connectivity index (χ3n) is 2.19. The molecule has 0 amide bonds. The van der Waals surface area contributed by atoms with Gasteiger partial charge < -0.3 is 0 Å². The third-order valence-corrected chi connectivity index (χ3v) is 2.65. The van der Waals surface area contributed by atoms with Gasteiger partial charge in [0, 0.05) is 6.20 Å². The normalized spacial score (nSPS) is 12.4. The molecule has 0 aliphatic carbocycles.